The van der Waals surface area contributed by atoms with E-state index in [2.05, 4.69) is 0 Å². The van der Waals surface area contributed by atoms with Gasteiger partial charge in [0, 0.05) is 22.3 Å². The number of carbonyl (C=O) groups excluding carboxylic acids is 4. The largest absolute Gasteiger partial charge is 1.00 e. The van der Waals surface area contributed by atoms with Gasteiger partial charge in [-0.05, 0) is 64.1 Å². The van der Waals surface area contributed by atoms with Crippen molar-refractivity contribution in [2.75, 3.05) is 0 Å². The monoisotopic (exact) mass is 506 g/mol. The van der Waals surface area contributed by atoms with Crippen LogP contribution in [0.25, 0.3) is 0 Å². The molecule has 2 aromatic carbocycles. The summed E-state index contributed by atoms with van der Waals surface area (Å²) in [4.78, 5) is 43.6. The summed E-state index contributed by atoms with van der Waals surface area (Å²) in [5.74, 6) is -1.59. The van der Waals surface area contributed by atoms with Crippen molar-refractivity contribution in [3.8, 4) is 0 Å². The Morgan fingerprint density at radius 2 is 1.09 bits per heavy atom. The van der Waals surface area contributed by atoms with E-state index in [0.29, 0.717) is 0 Å². The van der Waals surface area contributed by atoms with E-state index in [1.54, 1.807) is 0 Å². The van der Waals surface area contributed by atoms with Crippen LogP contribution in [0.15, 0.2) is 46.2 Å². The van der Waals surface area contributed by atoms with Gasteiger partial charge in [-0.25, -0.2) is 8.42 Å². The van der Waals surface area contributed by atoms with Crippen molar-refractivity contribution < 1.29 is 74.7 Å². The topological polar surface area (TPSA) is 180 Å². The molecule has 0 atom stereocenters. The van der Waals surface area contributed by atoms with E-state index in [0.717, 1.165) is 24.3 Å². The number of benzene rings is 2. The zero-order valence-electron chi connectivity index (χ0n) is 18.4. The maximum atomic E-state index is 11.2. The second-order valence-corrected chi connectivity index (χ2v) is 9.41. The smallest absolute Gasteiger partial charge is 0.744 e. The summed E-state index contributed by atoms with van der Waals surface area (Å²) in [6.07, 6.45) is 0. The quantitative estimate of drug-likeness (QED) is 0.300. The molecular weight excluding hydrogens is 487 g/mol. The number of hydrogen-bond acceptors (Lipinski definition) is 9. The molecule has 0 amide bonds. The third-order valence-electron chi connectivity index (χ3n) is 4.06. The zero-order chi connectivity index (χ0) is 25.0. The molecule has 13 heteroatoms. The molecule has 0 saturated heterocycles. The van der Waals surface area contributed by atoms with Crippen LogP contribution in [-0.2, 0) is 20.2 Å². The first-order chi connectivity index (χ1) is 14.4. The van der Waals surface area contributed by atoms with Crippen LogP contribution in [0.2, 0.25) is 0 Å². The SMILES string of the molecule is CC(=O)c1cc(C(C)=O)cc(S(=O)(=O)[O-])c1.CC(=O)c1ccc(S(=O)(=O)O)cc1C(C)=O.[Na+]. The molecular formula is C20H19NaO10S2. The molecule has 0 bridgehead atoms. The van der Waals surface area contributed by atoms with Crippen molar-refractivity contribution in [1.29, 1.82) is 0 Å². The minimum atomic E-state index is -4.67. The Balaban J connectivity index is 0.000000602. The summed E-state index contributed by atoms with van der Waals surface area (Å²) in [5.41, 5.74) is 0.187. The van der Waals surface area contributed by atoms with Gasteiger partial charge in [-0.3, -0.25) is 23.7 Å². The van der Waals surface area contributed by atoms with Gasteiger partial charge in [0.15, 0.2) is 23.1 Å². The Bertz CT molecular complexity index is 1290. The molecule has 2 rings (SSSR count). The summed E-state index contributed by atoms with van der Waals surface area (Å²) in [6, 6.07) is 6.49. The van der Waals surface area contributed by atoms with Crippen LogP contribution < -0.4 is 29.6 Å². The van der Waals surface area contributed by atoms with Crippen molar-refractivity contribution in [2.45, 2.75) is 37.5 Å². The zero-order valence-corrected chi connectivity index (χ0v) is 22.0. The number of carbonyl (C=O) groups is 4. The normalized spacial score (nSPS) is 10.8. The summed E-state index contributed by atoms with van der Waals surface area (Å²) < 4.78 is 62.9. The molecule has 0 aromatic heterocycles. The van der Waals surface area contributed by atoms with Crippen LogP contribution in [0, 0.1) is 0 Å². The average molecular weight is 506 g/mol. The van der Waals surface area contributed by atoms with Crippen LogP contribution in [-0.4, -0.2) is 49.1 Å². The molecule has 0 aliphatic rings. The first kappa shape index (κ1) is 30.9. The van der Waals surface area contributed by atoms with Gasteiger partial charge in [0.2, 0.25) is 0 Å². The van der Waals surface area contributed by atoms with Crippen molar-refractivity contribution in [1.82, 2.24) is 0 Å². The molecule has 0 unspecified atom stereocenters. The maximum absolute atomic E-state index is 11.2. The molecule has 2 aromatic rings. The maximum Gasteiger partial charge on any atom is 1.00 e. The number of Topliss-reactive ketones (excluding diaryl/α,β-unsaturated/α-hetero) is 4. The van der Waals surface area contributed by atoms with Crippen LogP contribution in [0.3, 0.4) is 0 Å². The van der Waals surface area contributed by atoms with Gasteiger partial charge in [-0.1, -0.05) is 0 Å². The van der Waals surface area contributed by atoms with E-state index in [9.17, 15) is 40.6 Å². The Morgan fingerprint density at radius 3 is 1.39 bits per heavy atom. The fourth-order valence-electron chi connectivity index (χ4n) is 2.43. The van der Waals surface area contributed by atoms with Gasteiger partial charge in [-0.15, -0.1) is 0 Å². The van der Waals surface area contributed by atoms with Crippen molar-refractivity contribution >= 4 is 43.4 Å². The Morgan fingerprint density at radius 1 is 0.667 bits per heavy atom. The number of hydrogen-bond donors (Lipinski definition) is 1. The minimum Gasteiger partial charge on any atom is -0.744 e. The van der Waals surface area contributed by atoms with Gasteiger partial charge in [0.1, 0.15) is 10.1 Å². The molecule has 0 aliphatic carbocycles. The van der Waals surface area contributed by atoms with Crippen molar-refractivity contribution in [3.05, 3.63) is 58.7 Å². The third kappa shape index (κ3) is 9.01. The standard InChI is InChI=1S/2C10H10O5S.Na/c1-6(11)8-3-9(7(2)12)5-10(4-8)16(13,14)15;1-6(11)9-4-3-8(16(13,14)15)5-10(9)7(2)12;/h2*3-5H,1-2H3,(H,13,14,15);/q;;+1/p-1. The van der Waals surface area contributed by atoms with E-state index < -0.39 is 47.4 Å². The summed E-state index contributed by atoms with van der Waals surface area (Å²) in [5, 5.41) is 0. The fraction of sp³-hybridized carbons (Fsp3) is 0.200. The van der Waals surface area contributed by atoms with Gasteiger partial charge in [0.25, 0.3) is 10.1 Å². The fourth-order valence-corrected chi connectivity index (χ4v) is 3.48. The van der Waals surface area contributed by atoms with Crippen molar-refractivity contribution in [3.63, 3.8) is 0 Å². The van der Waals surface area contributed by atoms with E-state index in [4.69, 9.17) is 4.55 Å². The minimum absolute atomic E-state index is 0. The van der Waals surface area contributed by atoms with E-state index in [1.165, 1.54) is 39.8 Å². The van der Waals surface area contributed by atoms with E-state index >= 15 is 0 Å². The third-order valence-corrected chi connectivity index (χ3v) is 5.72. The van der Waals surface area contributed by atoms with Gasteiger partial charge < -0.3 is 4.55 Å². The molecule has 0 aliphatic heterocycles. The predicted molar refractivity (Wildman–Crippen MR) is 111 cm³/mol. The van der Waals surface area contributed by atoms with Crippen LogP contribution in [0.1, 0.15) is 69.1 Å². The Kier molecular flexibility index (Phi) is 11.1. The van der Waals surface area contributed by atoms with Crippen LogP contribution in [0.4, 0.5) is 0 Å². The molecule has 0 fully saturated rings. The average Bonchev–Trinajstić information content (AvgIpc) is 2.66. The number of rotatable bonds is 6. The summed E-state index contributed by atoms with van der Waals surface area (Å²) in [7, 11) is -9.03. The molecule has 33 heavy (non-hydrogen) atoms. The van der Waals surface area contributed by atoms with Crippen LogP contribution >= 0.6 is 0 Å². The predicted octanol–water partition coefficient (Wildman–Crippen LogP) is -0.662. The van der Waals surface area contributed by atoms with Crippen molar-refractivity contribution in [2.24, 2.45) is 0 Å². The van der Waals surface area contributed by atoms with Gasteiger partial charge >= 0.3 is 29.6 Å². The second-order valence-electron chi connectivity index (χ2n) is 6.61. The number of ketones is 4. The molecule has 0 spiro atoms. The second kappa shape index (κ2) is 11.9. The first-order valence-corrected chi connectivity index (χ1v) is 11.6. The molecule has 0 saturated carbocycles. The summed E-state index contributed by atoms with van der Waals surface area (Å²) >= 11 is 0. The van der Waals surface area contributed by atoms with Gasteiger partial charge in [-0.2, -0.15) is 8.42 Å². The first-order valence-electron chi connectivity index (χ1n) is 8.71. The molecule has 0 heterocycles. The summed E-state index contributed by atoms with van der Waals surface area (Å²) in [6.45, 7) is 4.94. The molecule has 1 N–H and O–H groups in total. The molecule has 172 valence electrons. The Labute approximate surface area is 213 Å². The van der Waals surface area contributed by atoms with E-state index in [-0.39, 0.29) is 57.6 Å². The molecule has 0 radical (unpaired) electrons. The van der Waals surface area contributed by atoms with Crippen LogP contribution in [0.5, 0.6) is 0 Å². The molecule has 10 nitrogen and oxygen atoms in total. The Hall–Kier alpha value is -2.06. The van der Waals surface area contributed by atoms with Gasteiger partial charge in [0.05, 0.1) is 9.79 Å². The van der Waals surface area contributed by atoms with E-state index in [1.807, 2.05) is 0 Å².